The van der Waals surface area contributed by atoms with Crippen molar-refractivity contribution in [3.63, 3.8) is 0 Å². The average Bonchev–Trinajstić information content (AvgIpc) is 2.77. The fraction of sp³-hybridized carbons (Fsp3) is 0.182. The van der Waals surface area contributed by atoms with Gasteiger partial charge in [-0.05, 0) is 30.3 Å². The van der Waals surface area contributed by atoms with Crippen molar-refractivity contribution in [2.75, 3.05) is 25.6 Å². The molecular weight excluding hydrogens is 409 g/mol. The minimum Gasteiger partial charge on any atom is -0.497 e. The van der Waals surface area contributed by atoms with Crippen molar-refractivity contribution in [3.8, 4) is 17.2 Å². The summed E-state index contributed by atoms with van der Waals surface area (Å²) in [6.07, 6.45) is 0. The van der Waals surface area contributed by atoms with Gasteiger partial charge in [-0.15, -0.1) is 0 Å². The molecule has 0 aliphatic rings. The minimum absolute atomic E-state index is 0.0138. The van der Waals surface area contributed by atoms with E-state index in [9.17, 15) is 12.8 Å². The second kappa shape index (κ2) is 9.04. The summed E-state index contributed by atoms with van der Waals surface area (Å²) >= 11 is 0. The number of halogens is 1. The van der Waals surface area contributed by atoms with E-state index in [4.69, 9.17) is 14.2 Å². The SMILES string of the molecule is COc1cc(OC)cc(N(Cc2ccccc2OC)S(=O)(=O)c2ccc(F)cc2)c1. The molecule has 0 unspecified atom stereocenters. The quantitative estimate of drug-likeness (QED) is 0.534. The maximum Gasteiger partial charge on any atom is 0.264 e. The number of hydrogen-bond donors (Lipinski definition) is 0. The zero-order chi connectivity index (χ0) is 21.7. The fourth-order valence-electron chi connectivity index (χ4n) is 2.97. The van der Waals surface area contributed by atoms with Crippen molar-refractivity contribution >= 4 is 15.7 Å². The first-order valence-corrected chi connectivity index (χ1v) is 10.5. The Balaban J connectivity index is 2.17. The summed E-state index contributed by atoms with van der Waals surface area (Å²) in [5.41, 5.74) is 0.994. The first-order valence-electron chi connectivity index (χ1n) is 9.02. The highest BCUT2D eigenvalue weighted by Gasteiger charge is 2.27. The number of ether oxygens (including phenoxy) is 3. The van der Waals surface area contributed by atoms with Crippen molar-refractivity contribution in [1.82, 2.24) is 0 Å². The summed E-state index contributed by atoms with van der Waals surface area (Å²) in [5, 5.41) is 0. The van der Waals surface area contributed by atoms with Crippen molar-refractivity contribution in [1.29, 1.82) is 0 Å². The normalized spacial score (nSPS) is 11.1. The molecule has 0 aromatic heterocycles. The van der Waals surface area contributed by atoms with E-state index in [-0.39, 0.29) is 11.4 Å². The Kier molecular flexibility index (Phi) is 6.47. The van der Waals surface area contributed by atoms with Gasteiger partial charge in [0.25, 0.3) is 10.0 Å². The number of sulfonamides is 1. The first kappa shape index (κ1) is 21.4. The van der Waals surface area contributed by atoms with Crippen molar-refractivity contribution in [2.45, 2.75) is 11.4 Å². The van der Waals surface area contributed by atoms with E-state index >= 15 is 0 Å². The zero-order valence-electron chi connectivity index (χ0n) is 16.8. The van der Waals surface area contributed by atoms with E-state index in [0.29, 0.717) is 28.5 Å². The van der Waals surface area contributed by atoms with Crippen LogP contribution >= 0.6 is 0 Å². The molecule has 0 bridgehead atoms. The molecule has 0 spiro atoms. The topological polar surface area (TPSA) is 65.1 Å². The molecule has 158 valence electrons. The van der Waals surface area contributed by atoms with E-state index in [1.165, 1.54) is 37.8 Å². The third-order valence-corrected chi connectivity index (χ3v) is 6.32. The minimum atomic E-state index is -4.04. The Labute approximate surface area is 175 Å². The average molecular weight is 431 g/mol. The van der Waals surface area contributed by atoms with Gasteiger partial charge in [0.1, 0.15) is 23.1 Å². The van der Waals surface area contributed by atoms with Gasteiger partial charge in [0.15, 0.2) is 0 Å². The largest absolute Gasteiger partial charge is 0.497 e. The fourth-order valence-corrected chi connectivity index (χ4v) is 4.40. The van der Waals surface area contributed by atoms with Crippen molar-refractivity contribution in [2.24, 2.45) is 0 Å². The van der Waals surface area contributed by atoms with Crippen LogP contribution in [0.15, 0.2) is 71.6 Å². The standard InChI is InChI=1S/C22H22FNO5S/c1-27-19-12-18(13-20(14-19)28-2)24(15-16-6-4-5-7-22(16)29-3)30(25,26)21-10-8-17(23)9-11-21/h4-14H,15H2,1-3H3. The smallest absolute Gasteiger partial charge is 0.264 e. The highest BCUT2D eigenvalue weighted by Crippen LogP contribution is 2.34. The third-order valence-electron chi connectivity index (χ3n) is 4.53. The second-order valence-electron chi connectivity index (χ2n) is 6.35. The lowest BCUT2D eigenvalue weighted by atomic mass is 10.2. The second-order valence-corrected chi connectivity index (χ2v) is 8.21. The van der Waals surface area contributed by atoms with Crippen LogP contribution in [0, 0.1) is 5.82 Å². The predicted octanol–water partition coefficient (Wildman–Crippen LogP) is 4.25. The monoisotopic (exact) mass is 431 g/mol. The van der Waals surface area contributed by atoms with Crippen LogP contribution in [-0.2, 0) is 16.6 Å². The lowest BCUT2D eigenvalue weighted by Crippen LogP contribution is -2.30. The van der Waals surface area contributed by atoms with Gasteiger partial charge in [-0.2, -0.15) is 0 Å². The van der Waals surface area contributed by atoms with Crippen LogP contribution < -0.4 is 18.5 Å². The van der Waals surface area contributed by atoms with E-state index in [0.717, 1.165) is 12.1 Å². The van der Waals surface area contributed by atoms with Gasteiger partial charge in [-0.25, -0.2) is 12.8 Å². The molecule has 0 saturated carbocycles. The van der Waals surface area contributed by atoms with Gasteiger partial charge in [0.05, 0.1) is 38.5 Å². The predicted molar refractivity (Wildman–Crippen MR) is 112 cm³/mol. The Morgan fingerprint density at radius 2 is 1.43 bits per heavy atom. The van der Waals surface area contributed by atoms with E-state index in [2.05, 4.69) is 0 Å². The molecule has 3 rings (SSSR count). The van der Waals surface area contributed by atoms with Crippen LogP contribution in [0.5, 0.6) is 17.2 Å². The molecule has 0 atom stereocenters. The number of benzene rings is 3. The molecule has 0 radical (unpaired) electrons. The Morgan fingerprint density at radius 1 is 0.833 bits per heavy atom. The molecule has 3 aromatic carbocycles. The Morgan fingerprint density at radius 3 is 2.00 bits per heavy atom. The van der Waals surface area contributed by atoms with E-state index < -0.39 is 15.8 Å². The number of hydrogen-bond acceptors (Lipinski definition) is 5. The summed E-state index contributed by atoms with van der Waals surface area (Å²) in [6.45, 7) is -0.0138. The lowest BCUT2D eigenvalue weighted by Gasteiger charge is -2.26. The highest BCUT2D eigenvalue weighted by molar-refractivity contribution is 7.92. The molecule has 3 aromatic rings. The molecule has 0 fully saturated rings. The maximum absolute atomic E-state index is 13.5. The third kappa shape index (κ3) is 4.49. The van der Waals surface area contributed by atoms with Crippen LogP contribution in [-0.4, -0.2) is 29.7 Å². The van der Waals surface area contributed by atoms with Crippen molar-refractivity contribution < 1.29 is 27.0 Å². The van der Waals surface area contributed by atoms with Crippen LogP contribution in [0.2, 0.25) is 0 Å². The molecule has 30 heavy (non-hydrogen) atoms. The van der Waals surface area contributed by atoms with Gasteiger partial charge in [-0.1, -0.05) is 18.2 Å². The summed E-state index contributed by atoms with van der Waals surface area (Å²) in [6, 6.07) is 16.7. The molecule has 0 aliphatic heterocycles. The van der Waals surface area contributed by atoms with Crippen LogP contribution in [0.3, 0.4) is 0 Å². The van der Waals surface area contributed by atoms with Gasteiger partial charge in [-0.3, -0.25) is 4.31 Å². The molecular formula is C22H22FNO5S. The van der Waals surface area contributed by atoms with Gasteiger partial charge in [0.2, 0.25) is 0 Å². The first-order chi connectivity index (χ1) is 14.4. The van der Waals surface area contributed by atoms with Gasteiger partial charge >= 0.3 is 0 Å². The highest BCUT2D eigenvalue weighted by atomic mass is 32.2. The lowest BCUT2D eigenvalue weighted by molar-refractivity contribution is 0.394. The number of anilines is 1. The van der Waals surface area contributed by atoms with E-state index in [1.807, 2.05) is 0 Å². The summed E-state index contributed by atoms with van der Waals surface area (Å²) in [7, 11) is 0.443. The Bertz CT molecular complexity index is 1090. The Hall–Kier alpha value is -3.26. The number of nitrogens with zero attached hydrogens (tertiary/aromatic N) is 1. The zero-order valence-corrected chi connectivity index (χ0v) is 17.6. The molecule has 0 aliphatic carbocycles. The molecule has 0 amide bonds. The number of para-hydroxylation sites is 1. The van der Waals surface area contributed by atoms with Crippen molar-refractivity contribution in [3.05, 3.63) is 78.1 Å². The molecule has 0 heterocycles. The maximum atomic E-state index is 13.5. The number of rotatable bonds is 8. The summed E-state index contributed by atoms with van der Waals surface area (Å²) < 4.78 is 57.6. The molecule has 0 N–H and O–H groups in total. The summed E-state index contributed by atoms with van der Waals surface area (Å²) in [5.74, 6) is 0.896. The van der Waals surface area contributed by atoms with Crippen LogP contribution in [0.4, 0.5) is 10.1 Å². The molecule has 0 saturated heterocycles. The number of methoxy groups -OCH3 is 3. The molecule has 6 nitrogen and oxygen atoms in total. The van der Waals surface area contributed by atoms with Crippen LogP contribution in [0.25, 0.3) is 0 Å². The van der Waals surface area contributed by atoms with Crippen LogP contribution in [0.1, 0.15) is 5.56 Å². The van der Waals surface area contributed by atoms with Gasteiger partial charge in [0, 0.05) is 23.8 Å². The van der Waals surface area contributed by atoms with Gasteiger partial charge < -0.3 is 14.2 Å². The molecule has 8 heteroatoms. The summed E-state index contributed by atoms with van der Waals surface area (Å²) in [4.78, 5) is -0.0411. The van der Waals surface area contributed by atoms with E-state index in [1.54, 1.807) is 42.5 Å².